The highest BCUT2D eigenvalue weighted by atomic mass is 16.3. The zero-order chi connectivity index (χ0) is 10.4. The standard InChI is InChI=1S/C12H22O2/c1-11(2,14)12(8-13)7-9-3-5-10(12)6-4-9/h9-10,13-14H,3-8H2,1-2H3. The molecule has 2 nitrogen and oxygen atoms in total. The molecule has 0 saturated heterocycles. The predicted octanol–water partition coefficient (Wildman–Crippen LogP) is 1.95. The lowest BCUT2D eigenvalue weighted by Gasteiger charge is -2.56. The molecule has 0 aliphatic heterocycles. The molecule has 1 unspecified atom stereocenters. The van der Waals surface area contributed by atoms with Crippen molar-refractivity contribution in [1.82, 2.24) is 0 Å². The van der Waals surface area contributed by atoms with Gasteiger partial charge in [-0.3, -0.25) is 0 Å². The minimum atomic E-state index is -0.731. The zero-order valence-corrected chi connectivity index (χ0v) is 9.29. The lowest BCUT2D eigenvalue weighted by molar-refractivity contribution is -0.165. The predicted molar refractivity (Wildman–Crippen MR) is 55.9 cm³/mol. The maximum absolute atomic E-state index is 10.3. The number of hydrogen-bond donors (Lipinski definition) is 2. The Kier molecular flexibility index (Phi) is 2.39. The zero-order valence-electron chi connectivity index (χ0n) is 9.29. The van der Waals surface area contributed by atoms with Crippen molar-refractivity contribution >= 4 is 0 Å². The topological polar surface area (TPSA) is 40.5 Å². The van der Waals surface area contributed by atoms with Crippen LogP contribution in [0, 0.1) is 17.3 Å². The molecular weight excluding hydrogens is 176 g/mol. The smallest absolute Gasteiger partial charge is 0.0672 e. The van der Waals surface area contributed by atoms with Gasteiger partial charge < -0.3 is 10.2 Å². The van der Waals surface area contributed by atoms with Crippen molar-refractivity contribution in [2.24, 2.45) is 17.3 Å². The summed E-state index contributed by atoms with van der Waals surface area (Å²) in [6, 6.07) is 0. The highest BCUT2D eigenvalue weighted by Gasteiger charge is 2.54. The first-order chi connectivity index (χ1) is 6.49. The third kappa shape index (κ3) is 1.31. The molecular formula is C12H22O2. The largest absolute Gasteiger partial charge is 0.396 e. The Morgan fingerprint density at radius 1 is 1.21 bits per heavy atom. The van der Waals surface area contributed by atoms with Gasteiger partial charge in [-0.05, 0) is 44.9 Å². The molecule has 0 aromatic carbocycles. The van der Waals surface area contributed by atoms with E-state index in [1.54, 1.807) is 0 Å². The summed E-state index contributed by atoms with van der Waals surface area (Å²) in [5.74, 6) is 1.29. The normalized spacial score (nSPS) is 42.9. The molecule has 3 rings (SSSR count). The maximum atomic E-state index is 10.3. The summed E-state index contributed by atoms with van der Waals surface area (Å²) < 4.78 is 0. The van der Waals surface area contributed by atoms with Crippen LogP contribution in [0.2, 0.25) is 0 Å². The lowest BCUT2D eigenvalue weighted by Crippen LogP contribution is -2.56. The molecule has 0 spiro atoms. The molecule has 0 aromatic heterocycles. The molecule has 3 saturated carbocycles. The molecule has 3 fully saturated rings. The van der Waals surface area contributed by atoms with Crippen LogP contribution in [0.15, 0.2) is 0 Å². The van der Waals surface area contributed by atoms with Crippen LogP contribution in [-0.4, -0.2) is 22.4 Å². The fraction of sp³-hybridized carbons (Fsp3) is 1.00. The van der Waals surface area contributed by atoms with E-state index in [1.807, 2.05) is 13.8 Å². The van der Waals surface area contributed by atoms with Gasteiger partial charge in [0.1, 0.15) is 0 Å². The first-order valence-corrected chi connectivity index (χ1v) is 5.83. The summed E-state index contributed by atoms with van der Waals surface area (Å²) in [6.07, 6.45) is 6.05. The van der Waals surface area contributed by atoms with Crippen molar-refractivity contribution < 1.29 is 10.2 Å². The summed E-state index contributed by atoms with van der Waals surface area (Å²) >= 11 is 0. The van der Waals surface area contributed by atoms with Crippen LogP contribution >= 0.6 is 0 Å². The minimum Gasteiger partial charge on any atom is -0.396 e. The average Bonchev–Trinajstić information content (AvgIpc) is 2.17. The van der Waals surface area contributed by atoms with Gasteiger partial charge in [0.15, 0.2) is 0 Å². The summed E-state index contributed by atoms with van der Waals surface area (Å²) in [4.78, 5) is 0. The monoisotopic (exact) mass is 198 g/mol. The van der Waals surface area contributed by atoms with E-state index in [9.17, 15) is 10.2 Å². The Hall–Kier alpha value is -0.0800. The Bertz CT molecular complexity index is 211. The third-order valence-electron chi connectivity index (χ3n) is 4.78. The summed E-state index contributed by atoms with van der Waals surface area (Å²) in [7, 11) is 0. The van der Waals surface area contributed by atoms with E-state index >= 15 is 0 Å². The number of aliphatic hydroxyl groups excluding tert-OH is 1. The second-order valence-electron chi connectivity index (χ2n) is 5.80. The van der Waals surface area contributed by atoms with E-state index in [0.29, 0.717) is 5.92 Å². The molecule has 2 N–H and O–H groups in total. The van der Waals surface area contributed by atoms with Gasteiger partial charge in [-0.25, -0.2) is 0 Å². The summed E-state index contributed by atoms with van der Waals surface area (Å²) in [5, 5.41) is 19.9. The SMILES string of the molecule is CC(C)(O)C1(CO)CC2CCC1CC2. The molecule has 0 aromatic rings. The highest BCUT2D eigenvalue weighted by molar-refractivity contribution is 5.04. The van der Waals surface area contributed by atoms with E-state index in [2.05, 4.69) is 0 Å². The molecule has 82 valence electrons. The molecule has 14 heavy (non-hydrogen) atoms. The van der Waals surface area contributed by atoms with E-state index in [1.165, 1.54) is 25.7 Å². The fourth-order valence-corrected chi connectivity index (χ4v) is 3.74. The number of hydrogen-bond acceptors (Lipinski definition) is 2. The van der Waals surface area contributed by atoms with Crippen molar-refractivity contribution in [1.29, 1.82) is 0 Å². The Balaban J connectivity index is 2.28. The molecule has 3 aliphatic carbocycles. The molecule has 0 radical (unpaired) electrons. The number of rotatable bonds is 2. The van der Waals surface area contributed by atoms with Gasteiger partial charge in [0, 0.05) is 5.41 Å². The van der Waals surface area contributed by atoms with E-state index < -0.39 is 5.60 Å². The fourth-order valence-electron chi connectivity index (χ4n) is 3.74. The van der Waals surface area contributed by atoms with Crippen LogP contribution in [0.3, 0.4) is 0 Å². The van der Waals surface area contributed by atoms with Crippen LogP contribution in [0.4, 0.5) is 0 Å². The molecule has 2 heteroatoms. The van der Waals surface area contributed by atoms with Gasteiger partial charge in [0.2, 0.25) is 0 Å². The third-order valence-corrected chi connectivity index (χ3v) is 4.78. The Labute approximate surface area is 86.3 Å². The van der Waals surface area contributed by atoms with Crippen molar-refractivity contribution in [2.45, 2.75) is 51.6 Å². The van der Waals surface area contributed by atoms with Crippen LogP contribution < -0.4 is 0 Å². The molecule has 0 amide bonds. The van der Waals surface area contributed by atoms with Crippen LogP contribution in [-0.2, 0) is 0 Å². The molecule has 1 atom stereocenters. The van der Waals surface area contributed by atoms with E-state index in [4.69, 9.17) is 0 Å². The number of aliphatic hydroxyl groups is 2. The lowest BCUT2D eigenvalue weighted by atomic mass is 9.51. The average molecular weight is 198 g/mol. The van der Waals surface area contributed by atoms with Gasteiger partial charge in [-0.15, -0.1) is 0 Å². The minimum absolute atomic E-state index is 0.150. The van der Waals surface area contributed by atoms with Gasteiger partial charge in [0.05, 0.1) is 12.2 Å². The van der Waals surface area contributed by atoms with Crippen molar-refractivity contribution in [3.05, 3.63) is 0 Å². The van der Waals surface area contributed by atoms with Crippen molar-refractivity contribution in [3.63, 3.8) is 0 Å². The van der Waals surface area contributed by atoms with Crippen molar-refractivity contribution in [2.75, 3.05) is 6.61 Å². The molecule has 0 heterocycles. The van der Waals surface area contributed by atoms with E-state index in [-0.39, 0.29) is 12.0 Å². The quantitative estimate of drug-likeness (QED) is 0.712. The van der Waals surface area contributed by atoms with Gasteiger partial charge >= 0.3 is 0 Å². The van der Waals surface area contributed by atoms with Crippen LogP contribution in [0.25, 0.3) is 0 Å². The Morgan fingerprint density at radius 2 is 1.79 bits per heavy atom. The molecule has 3 aliphatic rings. The van der Waals surface area contributed by atoms with E-state index in [0.717, 1.165) is 12.3 Å². The van der Waals surface area contributed by atoms with Gasteiger partial charge in [-0.2, -0.15) is 0 Å². The number of fused-ring (bicyclic) bond motifs is 3. The second-order valence-corrected chi connectivity index (χ2v) is 5.80. The molecule has 2 bridgehead atoms. The van der Waals surface area contributed by atoms with Crippen molar-refractivity contribution in [3.8, 4) is 0 Å². The first kappa shape index (κ1) is 10.4. The first-order valence-electron chi connectivity index (χ1n) is 5.83. The van der Waals surface area contributed by atoms with Crippen LogP contribution in [0.5, 0.6) is 0 Å². The highest BCUT2D eigenvalue weighted by Crippen LogP contribution is 2.56. The maximum Gasteiger partial charge on any atom is 0.0672 e. The van der Waals surface area contributed by atoms with Gasteiger partial charge in [-0.1, -0.05) is 12.8 Å². The second kappa shape index (κ2) is 3.21. The summed E-state index contributed by atoms with van der Waals surface area (Å²) in [5.41, 5.74) is -0.945. The van der Waals surface area contributed by atoms with Gasteiger partial charge in [0.25, 0.3) is 0 Å². The van der Waals surface area contributed by atoms with Crippen LogP contribution in [0.1, 0.15) is 46.0 Å². The Morgan fingerprint density at radius 3 is 2.00 bits per heavy atom. The summed E-state index contributed by atoms with van der Waals surface area (Å²) in [6.45, 7) is 3.88.